The second-order valence-corrected chi connectivity index (χ2v) is 9.35. The van der Waals surface area contributed by atoms with Gasteiger partial charge in [0.2, 0.25) is 0 Å². The van der Waals surface area contributed by atoms with Crippen molar-refractivity contribution in [2.24, 2.45) is 0 Å². The standard InChI is InChI=1S/C31H37NO5/c1-19(2)12-14-32-25-10-8-22(16-21(25)5)24-18-28(35-6)29(30(34)31(24)36-7)23-9-11-27(26(33)17-23)37-15-13-20(3)4/h8-13,16-18,32-34H,14-15H2,1-7H3. The van der Waals surface area contributed by atoms with E-state index >= 15 is 0 Å². The fourth-order valence-corrected chi connectivity index (χ4v) is 3.98. The van der Waals surface area contributed by atoms with Crippen LogP contribution in [0.15, 0.2) is 65.8 Å². The van der Waals surface area contributed by atoms with Crippen LogP contribution in [-0.2, 0) is 0 Å². The minimum Gasteiger partial charge on any atom is -0.504 e. The van der Waals surface area contributed by atoms with Crippen LogP contribution in [0.25, 0.3) is 22.3 Å². The highest BCUT2D eigenvalue weighted by atomic mass is 16.5. The van der Waals surface area contributed by atoms with Crippen LogP contribution >= 0.6 is 0 Å². The molecule has 0 radical (unpaired) electrons. The number of rotatable bonds is 10. The zero-order chi connectivity index (χ0) is 27.1. The van der Waals surface area contributed by atoms with E-state index < -0.39 is 0 Å². The van der Waals surface area contributed by atoms with Gasteiger partial charge in [0.1, 0.15) is 12.4 Å². The molecular formula is C31H37NO5. The fourth-order valence-electron chi connectivity index (χ4n) is 3.98. The van der Waals surface area contributed by atoms with Gasteiger partial charge in [0.05, 0.1) is 19.8 Å². The Balaban J connectivity index is 2.02. The fraction of sp³-hybridized carbons (Fsp3) is 0.290. The number of aryl methyl sites for hydroxylation is 1. The number of ether oxygens (including phenoxy) is 3. The van der Waals surface area contributed by atoms with Crippen molar-refractivity contribution in [2.45, 2.75) is 34.6 Å². The number of methoxy groups -OCH3 is 2. The van der Waals surface area contributed by atoms with Gasteiger partial charge in [-0.1, -0.05) is 29.4 Å². The number of phenolic OH excluding ortho intramolecular Hbond substituents is 2. The third-order valence-electron chi connectivity index (χ3n) is 5.96. The molecule has 0 amide bonds. The van der Waals surface area contributed by atoms with Gasteiger partial charge in [-0.05, 0) is 87.7 Å². The number of aromatic hydroxyl groups is 2. The van der Waals surface area contributed by atoms with E-state index in [-0.39, 0.29) is 11.5 Å². The Labute approximate surface area is 219 Å². The Kier molecular flexibility index (Phi) is 9.12. The second kappa shape index (κ2) is 12.3. The van der Waals surface area contributed by atoms with Gasteiger partial charge >= 0.3 is 0 Å². The summed E-state index contributed by atoms with van der Waals surface area (Å²) >= 11 is 0. The molecule has 0 heterocycles. The molecule has 37 heavy (non-hydrogen) atoms. The normalized spacial score (nSPS) is 10.5. The minimum absolute atomic E-state index is 0.0315. The maximum atomic E-state index is 11.3. The van der Waals surface area contributed by atoms with Gasteiger partial charge in [0.25, 0.3) is 0 Å². The molecule has 0 bridgehead atoms. The van der Waals surface area contributed by atoms with Crippen molar-refractivity contribution in [3.05, 3.63) is 71.3 Å². The van der Waals surface area contributed by atoms with Gasteiger partial charge in [0, 0.05) is 17.8 Å². The Morgan fingerprint density at radius 2 is 1.54 bits per heavy atom. The van der Waals surface area contributed by atoms with Crippen molar-refractivity contribution in [2.75, 3.05) is 32.7 Å². The van der Waals surface area contributed by atoms with Crippen molar-refractivity contribution in [3.63, 3.8) is 0 Å². The lowest BCUT2D eigenvalue weighted by atomic mass is 9.95. The Hall–Kier alpha value is -4.06. The molecule has 0 atom stereocenters. The summed E-state index contributed by atoms with van der Waals surface area (Å²) in [6.07, 6.45) is 4.07. The SMILES string of the molecule is COc1cc(-c2ccc(NCC=C(C)C)c(C)c2)c(OC)c(O)c1-c1ccc(OCC=C(C)C)c(O)c1. The Morgan fingerprint density at radius 1 is 0.838 bits per heavy atom. The molecule has 0 spiro atoms. The predicted molar refractivity (Wildman–Crippen MR) is 151 cm³/mol. The molecule has 0 saturated heterocycles. The van der Waals surface area contributed by atoms with Gasteiger partial charge in [-0.25, -0.2) is 0 Å². The third-order valence-corrected chi connectivity index (χ3v) is 5.96. The van der Waals surface area contributed by atoms with Crippen molar-refractivity contribution in [3.8, 4) is 51.0 Å². The van der Waals surface area contributed by atoms with Crippen LogP contribution in [0.2, 0.25) is 0 Å². The van der Waals surface area contributed by atoms with E-state index in [0.717, 1.165) is 28.9 Å². The third kappa shape index (κ3) is 6.58. The second-order valence-electron chi connectivity index (χ2n) is 9.35. The highest BCUT2D eigenvalue weighted by Crippen LogP contribution is 2.50. The average Bonchev–Trinajstić information content (AvgIpc) is 2.85. The van der Waals surface area contributed by atoms with Crippen LogP contribution in [0.4, 0.5) is 5.69 Å². The van der Waals surface area contributed by atoms with E-state index in [0.29, 0.717) is 40.5 Å². The van der Waals surface area contributed by atoms with E-state index in [2.05, 4.69) is 25.2 Å². The van der Waals surface area contributed by atoms with E-state index in [1.807, 2.05) is 51.1 Å². The number of hydrogen-bond acceptors (Lipinski definition) is 6. The highest BCUT2D eigenvalue weighted by molar-refractivity contribution is 5.88. The molecule has 0 aliphatic rings. The molecule has 0 unspecified atom stereocenters. The number of nitrogens with one attached hydrogen (secondary N) is 1. The molecule has 0 fully saturated rings. The lowest BCUT2D eigenvalue weighted by Gasteiger charge is -2.19. The maximum Gasteiger partial charge on any atom is 0.170 e. The maximum absolute atomic E-state index is 11.3. The number of allylic oxidation sites excluding steroid dienone is 2. The van der Waals surface area contributed by atoms with Crippen molar-refractivity contribution < 1.29 is 24.4 Å². The highest BCUT2D eigenvalue weighted by Gasteiger charge is 2.22. The van der Waals surface area contributed by atoms with E-state index in [1.165, 1.54) is 12.7 Å². The number of phenols is 2. The average molecular weight is 504 g/mol. The summed E-state index contributed by atoms with van der Waals surface area (Å²) in [7, 11) is 3.07. The van der Waals surface area contributed by atoms with E-state index in [9.17, 15) is 10.2 Å². The number of hydrogen-bond donors (Lipinski definition) is 3. The number of anilines is 1. The molecule has 3 rings (SSSR count). The Morgan fingerprint density at radius 3 is 2.14 bits per heavy atom. The zero-order valence-corrected chi connectivity index (χ0v) is 22.7. The van der Waals surface area contributed by atoms with Crippen LogP contribution in [-0.4, -0.2) is 37.6 Å². The smallest absolute Gasteiger partial charge is 0.170 e. The summed E-state index contributed by atoms with van der Waals surface area (Å²) < 4.78 is 17.0. The molecule has 0 aliphatic carbocycles. The van der Waals surface area contributed by atoms with Crippen molar-refractivity contribution >= 4 is 5.69 Å². The summed E-state index contributed by atoms with van der Waals surface area (Å²) in [5, 5.41) is 25.3. The molecule has 196 valence electrons. The monoisotopic (exact) mass is 503 g/mol. The largest absolute Gasteiger partial charge is 0.504 e. The van der Waals surface area contributed by atoms with Crippen LogP contribution in [0.1, 0.15) is 33.3 Å². The van der Waals surface area contributed by atoms with Gasteiger partial charge < -0.3 is 29.7 Å². The molecule has 3 aromatic carbocycles. The lowest BCUT2D eigenvalue weighted by Crippen LogP contribution is -2.01. The molecule has 3 N–H and O–H groups in total. The van der Waals surface area contributed by atoms with Crippen molar-refractivity contribution in [1.29, 1.82) is 0 Å². The first kappa shape index (κ1) is 27.5. The van der Waals surface area contributed by atoms with Gasteiger partial charge in [-0.2, -0.15) is 0 Å². The van der Waals surface area contributed by atoms with Gasteiger partial charge in [-0.15, -0.1) is 0 Å². The lowest BCUT2D eigenvalue weighted by molar-refractivity contribution is 0.335. The van der Waals surface area contributed by atoms with Gasteiger partial charge in [0.15, 0.2) is 23.0 Å². The molecule has 0 saturated carbocycles. The molecule has 3 aromatic rings. The zero-order valence-electron chi connectivity index (χ0n) is 22.7. The molecule has 6 nitrogen and oxygen atoms in total. The number of benzene rings is 3. The van der Waals surface area contributed by atoms with Crippen LogP contribution in [0, 0.1) is 6.92 Å². The van der Waals surface area contributed by atoms with E-state index in [4.69, 9.17) is 14.2 Å². The Bertz CT molecular complexity index is 1320. The predicted octanol–water partition coefficient (Wildman–Crippen LogP) is 7.48. The first-order valence-corrected chi connectivity index (χ1v) is 12.2. The minimum atomic E-state index is -0.0714. The topological polar surface area (TPSA) is 80.2 Å². The van der Waals surface area contributed by atoms with Crippen LogP contribution in [0.3, 0.4) is 0 Å². The summed E-state index contributed by atoms with van der Waals surface area (Å²) in [5.74, 6) is 1.03. The first-order valence-electron chi connectivity index (χ1n) is 12.2. The summed E-state index contributed by atoms with van der Waals surface area (Å²) in [6, 6.07) is 12.9. The van der Waals surface area contributed by atoms with Gasteiger partial charge in [-0.3, -0.25) is 0 Å². The summed E-state index contributed by atoms with van der Waals surface area (Å²) in [6.45, 7) is 11.3. The summed E-state index contributed by atoms with van der Waals surface area (Å²) in [4.78, 5) is 0. The molecule has 0 aromatic heterocycles. The first-order chi connectivity index (χ1) is 17.7. The molecule has 0 aliphatic heterocycles. The quantitative estimate of drug-likeness (QED) is 0.249. The summed E-state index contributed by atoms with van der Waals surface area (Å²) in [5.41, 5.74) is 7.07. The molecule has 6 heteroatoms. The van der Waals surface area contributed by atoms with Crippen LogP contribution < -0.4 is 19.5 Å². The van der Waals surface area contributed by atoms with E-state index in [1.54, 1.807) is 25.3 Å². The molecular weight excluding hydrogens is 466 g/mol. The van der Waals surface area contributed by atoms with Crippen molar-refractivity contribution in [1.82, 2.24) is 0 Å². The van der Waals surface area contributed by atoms with Crippen LogP contribution in [0.5, 0.6) is 28.7 Å².